The van der Waals surface area contributed by atoms with Gasteiger partial charge in [0.05, 0.1) is 5.56 Å². The Morgan fingerprint density at radius 1 is 1.32 bits per heavy atom. The molecule has 0 amide bonds. The zero-order chi connectivity index (χ0) is 13.7. The fraction of sp³-hybridized carbons (Fsp3) is 0.200. The van der Waals surface area contributed by atoms with Gasteiger partial charge in [-0.3, -0.25) is 4.98 Å². The standard InChI is InChI=1S/C15H14ClN3/c1-2-18-9-12-3-4-14(16)6-15(12)13-5-11(7-17)8-19-10-13/h3-6,8,10,18H,2,9H2,1H3. The van der Waals surface area contributed by atoms with E-state index in [1.165, 1.54) is 0 Å². The van der Waals surface area contributed by atoms with Crippen molar-refractivity contribution in [3.8, 4) is 17.2 Å². The van der Waals surface area contributed by atoms with Gasteiger partial charge >= 0.3 is 0 Å². The predicted octanol–water partition coefficient (Wildman–Crippen LogP) is 3.38. The van der Waals surface area contributed by atoms with Gasteiger partial charge in [-0.2, -0.15) is 5.26 Å². The fourth-order valence-corrected chi connectivity index (χ4v) is 2.05. The van der Waals surface area contributed by atoms with Crippen LogP contribution in [-0.4, -0.2) is 11.5 Å². The summed E-state index contributed by atoms with van der Waals surface area (Å²) < 4.78 is 0. The van der Waals surface area contributed by atoms with E-state index in [2.05, 4.69) is 23.3 Å². The molecule has 1 heterocycles. The van der Waals surface area contributed by atoms with Crippen molar-refractivity contribution in [2.45, 2.75) is 13.5 Å². The van der Waals surface area contributed by atoms with Gasteiger partial charge in [0.15, 0.2) is 0 Å². The molecule has 0 fully saturated rings. The Kier molecular flexibility index (Phi) is 4.51. The van der Waals surface area contributed by atoms with E-state index in [4.69, 9.17) is 16.9 Å². The van der Waals surface area contributed by atoms with Gasteiger partial charge < -0.3 is 5.32 Å². The van der Waals surface area contributed by atoms with Crippen LogP contribution in [0.2, 0.25) is 5.02 Å². The first-order valence-corrected chi connectivity index (χ1v) is 6.47. The molecule has 0 saturated carbocycles. The van der Waals surface area contributed by atoms with Crippen molar-refractivity contribution in [1.29, 1.82) is 5.26 Å². The van der Waals surface area contributed by atoms with Crippen LogP contribution in [0.25, 0.3) is 11.1 Å². The number of benzene rings is 1. The average molecular weight is 272 g/mol. The Hall–Kier alpha value is -1.89. The summed E-state index contributed by atoms with van der Waals surface area (Å²) in [7, 11) is 0. The van der Waals surface area contributed by atoms with E-state index in [9.17, 15) is 0 Å². The molecule has 4 heteroatoms. The molecule has 96 valence electrons. The zero-order valence-corrected chi connectivity index (χ0v) is 11.4. The number of rotatable bonds is 4. The normalized spacial score (nSPS) is 10.2. The van der Waals surface area contributed by atoms with Gasteiger partial charge in [-0.05, 0) is 35.9 Å². The molecule has 2 rings (SSSR count). The van der Waals surface area contributed by atoms with Crippen LogP contribution in [0.15, 0.2) is 36.7 Å². The van der Waals surface area contributed by atoms with Crippen LogP contribution in [0, 0.1) is 11.3 Å². The molecule has 0 radical (unpaired) electrons. The summed E-state index contributed by atoms with van der Waals surface area (Å²) >= 11 is 6.07. The van der Waals surface area contributed by atoms with Gasteiger partial charge in [0.2, 0.25) is 0 Å². The van der Waals surface area contributed by atoms with Crippen LogP contribution >= 0.6 is 11.6 Å². The number of halogens is 1. The summed E-state index contributed by atoms with van der Waals surface area (Å²) in [5, 5.41) is 12.9. The lowest BCUT2D eigenvalue weighted by Gasteiger charge is -2.10. The maximum Gasteiger partial charge on any atom is 0.101 e. The minimum absolute atomic E-state index is 0.548. The fourth-order valence-electron chi connectivity index (χ4n) is 1.88. The van der Waals surface area contributed by atoms with Gasteiger partial charge in [0.1, 0.15) is 6.07 Å². The maximum absolute atomic E-state index is 8.95. The molecule has 1 aromatic carbocycles. The molecular weight excluding hydrogens is 258 g/mol. The van der Waals surface area contributed by atoms with E-state index in [1.807, 2.05) is 24.3 Å². The first kappa shape index (κ1) is 13.5. The van der Waals surface area contributed by atoms with Gasteiger partial charge in [-0.15, -0.1) is 0 Å². The second-order valence-electron chi connectivity index (χ2n) is 4.16. The molecule has 0 aliphatic rings. The predicted molar refractivity (Wildman–Crippen MR) is 76.8 cm³/mol. The summed E-state index contributed by atoms with van der Waals surface area (Å²) in [6.07, 6.45) is 3.31. The Morgan fingerprint density at radius 2 is 2.16 bits per heavy atom. The number of aromatic nitrogens is 1. The smallest absolute Gasteiger partial charge is 0.101 e. The molecule has 0 aliphatic carbocycles. The van der Waals surface area contributed by atoms with E-state index < -0.39 is 0 Å². The molecule has 2 aromatic rings. The Balaban J connectivity index is 2.47. The zero-order valence-electron chi connectivity index (χ0n) is 10.7. The van der Waals surface area contributed by atoms with E-state index in [-0.39, 0.29) is 0 Å². The van der Waals surface area contributed by atoms with E-state index in [0.29, 0.717) is 10.6 Å². The highest BCUT2D eigenvalue weighted by molar-refractivity contribution is 6.30. The van der Waals surface area contributed by atoms with Crippen molar-refractivity contribution in [3.05, 3.63) is 52.8 Å². The van der Waals surface area contributed by atoms with E-state index in [0.717, 1.165) is 29.8 Å². The van der Waals surface area contributed by atoms with Crippen molar-refractivity contribution in [3.63, 3.8) is 0 Å². The first-order valence-electron chi connectivity index (χ1n) is 6.09. The molecule has 1 N–H and O–H groups in total. The average Bonchev–Trinajstić information content (AvgIpc) is 2.46. The Labute approximate surface area is 117 Å². The van der Waals surface area contributed by atoms with Crippen LogP contribution in [0.1, 0.15) is 18.1 Å². The van der Waals surface area contributed by atoms with Gasteiger partial charge in [0, 0.05) is 29.5 Å². The number of nitrogens with one attached hydrogen (secondary N) is 1. The van der Waals surface area contributed by atoms with Crippen molar-refractivity contribution in [2.75, 3.05) is 6.54 Å². The summed E-state index contributed by atoms with van der Waals surface area (Å²) in [5.41, 5.74) is 3.61. The van der Waals surface area contributed by atoms with Gasteiger partial charge in [-0.1, -0.05) is 24.6 Å². The van der Waals surface area contributed by atoms with Crippen LogP contribution in [0.5, 0.6) is 0 Å². The third-order valence-electron chi connectivity index (χ3n) is 2.82. The lowest BCUT2D eigenvalue weighted by atomic mass is 10.00. The number of pyridine rings is 1. The monoisotopic (exact) mass is 271 g/mol. The van der Waals surface area contributed by atoms with Gasteiger partial charge in [0.25, 0.3) is 0 Å². The van der Waals surface area contributed by atoms with Crippen molar-refractivity contribution < 1.29 is 0 Å². The van der Waals surface area contributed by atoms with E-state index in [1.54, 1.807) is 12.4 Å². The van der Waals surface area contributed by atoms with Crippen LogP contribution in [0.3, 0.4) is 0 Å². The van der Waals surface area contributed by atoms with Crippen LogP contribution in [0.4, 0.5) is 0 Å². The highest BCUT2D eigenvalue weighted by atomic mass is 35.5. The highest BCUT2D eigenvalue weighted by Crippen LogP contribution is 2.27. The highest BCUT2D eigenvalue weighted by Gasteiger charge is 2.07. The molecule has 0 bridgehead atoms. The summed E-state index contributed by atoms with van der Waals surface area (Å²) in [5.74, 6) is 0. The Morgan fingerprint density at radius 3 is 2.89 bits per heavy atom. The van der Waals surface area contributed by atoms with Gasteiger partial charge in [-0.25, -0.2) is 0 Å². The molecular formula is C15H14ClN3. The minimum atomic E-state index is 0.548. The number of hydrogen-bond acceptors (Lipinski definition) is 3. The summed E-state index contributed by atoms with van der Waals surface area (Å²) in [6.45, 7) is 3.73. The third-order valence-corrected chi connectivity index (χ3v) is 3.05. The van der Waals surface area contributed by atoms with Crippen molar-refractivity contribution >= 4 is 11.6 Å². The summed E-state index contributed by atoms with van der Waals surface area (Å²) in [6, 6.07) is 9.71. The lowest BCUT2D eigenvalue weighted by Crippen LogP contribution is -2.12. The maximum atomic E-state index is 8.95. The minimum Gasteiger partial charge on any atom is -0.313 e. The molecule has 19 heavy (non-hydrogen) atoms. The Bertz CT molecular complexity index is 617. The largest absolute Gasteiger partial charge is 0.313 e. The van der Waals surface area contributed by atoms with Crippen molar-refractivity contribution in [1.82, 2.24) is 10.3 Å². The second-order valence-corrected chi connectivity index (χ2v) is 4.59. The number of hydrogen-bond donors (Lipinski definition) is 1. The second kappa shape index (κ2) is 6.33. The van der Waals surface area contributed by atoms with Crippen LogP contribution in [-0.2, 0) is 6.54 Å². The quantitative estimate of drug-likeness (QED) is 0.927. The van der Waals surface area contributed by atoms with Crippen molar-refractivity contribution in [2.24, 2.45) is 0 Å². The molecule has 0 atom stereocenters. The summed E-state index contributed by atoms with van der Waals surface area (Å²) in [4.78, 5) is 4.10. The first-order chi connectivity index (χ1) is 9.24. The molecule has 0 aliphatic heterocycles. The van der Waals surface area contributed by atoms with Crippen LogP contribution < -0.4 is 5.32 Å². The lowest BCUT2D eigenvalue weighted by molar-refractivity contribution is 0.728. The van der Waals surface area contributed by atoms with E-state index >= 15 is 0 Å². The topological polar surface area (TPSA) is 48.7 Å². The number of nitrogens with zero attached hydrogens (tertiary/aromatic N) is 2. The molecule has 0 saturated heterocycles. The molecule has 1 aromatic heterocycles. The molecule has 0 unspecified atom stereocenters. The number of nitriles is 1. The third kappa shape index (κ3) is 3.31. The molecule has 0 spiro atoms. The SMILES string of the molecule is CCNCc1ccc(Cl)cc1-c1cncc(C#N)c1. The molecule has 3 nitrogen and oxygen atoms in total.